The lowest BCUT2D eigenvalue weighted by Gasteiger charge is -2.17. The van der Waals surface area contributed by atoms with E-state index in [9.17, 15) is 14.0 Å². The van der Waals surface area contributed by atoms with Crippen molar-refractivity contribution in [1.29, 1.82) is 0 Å². The summed E-state index contributed by atoms with van der Waals surface area (Å²) in [6, 6.07) is 3.59. The van der Waals surface area contributed by atoms with Crippen molar-refractivity contribution < 1.29 is 14.0 Å². The van der Waals surface area contributed by atoms with Crippen molar-refractivity contribution in [2.24, 2.45) is 0 Å². The van der Waals surface area contributed by atoms with Gasteiger partial charge in [0.05, 0.1) is 18.1 Å². The third-order valence-electron chi connectivity index (χ3n) is 3.68. The lowest BCUT2D eigenvalue weighted by atomic mass is 10.0. The molecule has 2 amide bonds. The Morgan fingerprint density at radius 1 is 1.28 bits per heavy atom. The molecule has 0 aliphatic rings. The number of H-pyrrole nitrogens is 1. The second kappa shape index (κ2) is 7.08. The lowest BCUT2D eigenvalue weighted by Crippen LogP contribution is -2.44. The standard InChI is InChI=1S/C17H16FN5O2/c1-10(24)22-16(17(25)23-13-7-19-9-20-8-13)4-11-6-21-15-5-12(18)2-3-14(11)15/h2-3,5-9,16,21H,4H2,1H3,(H,22,24)(H,23,25). The van der Waals surface area contributed by atoms with Gasteiger partial charge in [-0.3, -0.25) is 9.59 Å². The Kier molecular flexibility index (Phi) is 4.69. The molecule has 0 saturated heterocycles. The number of halogens is 1. The van der Waals surface area contributed by atoms with Gasteiger partial charge in [-0.15, -0.1) is 0 Å². The third-order valence-corrected chi connectivity index (χ3v) is 3.68. The maximum Gasteiger partial charge on any atom is 0.247 e. The summed E-state index contributed by atoms with van der Waals surface area (Å²) >= 11 is 0. The topological polar surface area (TPSA) is 99.8 Å². The van der Waals surface area contributed by atoms with E-state index in [0.717, 1.165) is 10.9 Å². The number of amides is 2. The molecule has 0 aliphatic heterocycles. The SMILES string of the molecule is CC(=O)NC(Cc1c[nH]c2cc(F)ccc12)C(=O)Nc1cncnc1. The number of aromatic nitrogens is 3. The molecule has 0 spiro atoms. The zero-order valence-electron chi connectivity index (χ0n) is 13.4. The fraction of sp³-hybridized carbons (Fsp3) is 0.176. The van der Waals surface area contributed by atoms with E-state index in [-0.39, 0.29) is 24.1 Å². The van der Waals surface area contributed by atoms with E-state index in [1.54, 1.807) is 12.3 Å². The summed E-state index contributed by atoms with van der Waals surface area (Å²) in [6.45, 7) is 1.34. The van der Waals surface area contributed by atoms with Crippen molar-refractivity contribution in [3.63, 3.8) is 0 Å². The van der Waals surface area contributed by atoms with Gasteiger partial charge in [0.1, 0.15) is 18.2 Å². The van der Waals surface area contributed by atoms with Crippen LogP contribution in [0.3, 0.4) is 0 Å². The van der Waals surface area contributed by atoms with E-state index in [2.05, 4.69) is 25.6 Å². The van der Waals surface area contributed by atoms with Crippen molar-refractivity contribution in [3.05, 3.63) is 54.5 Å². The predicted molar refractivity (Wildman–Crippen MR) is 90.2 cm³/mol. The molecule has 3 rings (SSSR count). The smallest absolute Gasteiger partial charge is 0.247 e. The van der Waals surface area contributed by atoms with Gasteiger partial charge in [-0.05, 0) is 23.8 Å². The van der Waals surface area contributed by atoms with Crippen LogP contribution in [-0.2, 0) is 16.0 Å². The van der Waals surface area contributed by atoms with Gasteiger partial charge in [-0.2, -0.15) is 0 Å². The molecular formula is C17H16FN5O2. The van der Waals surface area contributed by atoms with Crippen LogP contribution in [0, 0.1) is 5.82 Å². The van der Waals surface area contributed by atoms with E-state index in [0.29, 0.717) is 11.2 Å². The molecule has 1 atom stereocenters. The molecule has 8 heteroatoms. The molecule has 128 valence electrons. The van der Waals surface area contributed by atoms with Crippen LogP contribution < -0.4 is 10.6 Å². The molecule has 0 bridgehead atoms. The molecule has 1 unspecified atom stereocenters. The minimum atomic E-state index is -0.790. The molecule has 25 heavy (non-hydrogen) atoms. The molecule has 0 radical (unpaired) electrons. The molecule has 0 fully saturated rings. The number of hydrogen-bond acceptors (Lipinski definition) is 4. The summed E-state index contributed by atoms with van der Waals surface area (Å²) in [5.74, 6) is -1.06. The molecule has 2 heterocycles. The number of fused-ring (bicyclic) bond motifs is 1. The molecule has 1 aromatic carbocycles. The first-order valence-corrected chi connectivity index (χ1v) is 7.61. The van der Waals surface area contributed by atoms with Crippen LogP contribution in [0.1, 0.15) is 12.5 Å². The Morgan fingerprint density at radius 2 is 2.04 bits per heavy atom. The highest BCUT2D eigenvalue weighted by atomic mass is 19.1. The zero-order chi connectivity index (χ0) is 17.8. The number of carbonyl (C=O) groups is 2. The Morgan fingerprint density at radius 3 is 2.76 bits per heavy atom. The number of rotatable bonds is 5. The van der Waals surface area contributed by atoms with Gasteiger partial charge < -0.3 is 15.6 Å². The first-order chi connectivity index (χ1) is 12.0. The number of carbonyl (C=O) groups excluding carboxylic acids is 2. The normalized spacial score (nSPS) is 11.9. The van der Waals surface area contributed by atoms with Crippen molar-refractivity contribution in [2.45, 2.75) is 19.4 Å². The van der Waals surface area contributed by atoms with E-state index >= 15 is 0 Å². The number of anilines is 1. The minimum Gasteiger partial charge on any atom is -0.361 e. The van der Waals surface area contributed by atoms with E-state index in [1.165, 1.54) is 37.8 Å². The quantitative estimate of drug-likeness (QED) is 0.659. The highest BCUT2D eigenvalue weighted by Gasteiger charge is 2.22. The number of aromatic amines is 1. The highest BCUT2D eigenvalue weighted by Crippen LogP contribution is 2.21. The van der Waals surface area contributed by atoms with Crippen LogP contribution in [0.25, 0.3) is 10.9 Å². The minimum absolute atomic E-state index is 0.255. The summed E-state index contributed by atoms with van der Waals surface area (Å²) < 4.78 is 13.3. The molecule has 3 aromatic rings. The average Bonchev–Trinajstić information content (AvgIpc) is 2.96. The fourth-order valence-electron chi connectivity index (χ4n) is 2.59. The van der Waals surface area contributed by atoms with Crippen molar-refractivity contribution in [3.8, 4) is 0 Å². The summed E-state index contributed by atoms with van der Waals surface area (Å²) in [5, 5.41) is 6.10. The van der Waals surface area contributed by atoms with Crippen molar-refractivity contribution >= 4 is 28.4 Å². The first-order valence-electron chi connectivity index (χ1n) is 7.61. The van der Waals surface area contributed by atoms with Crippen LogP contribution in [0.4, 0.5) is 10.1 Å². The second-order valence-corrected chi connectivity index (χ2v) is 5.58. The fourth-order valence-corrected chi connectivity index (χ4v) is 2.59. The Labute approximate surface area is 142 Å². The van der Waals surface area contributed by atoms with Gasteiger partial charge >= 0.3 is 0 Å². The molecule has 2 aromatic heterocycles. The third kappa shape index (κ3) is 3.97. The maximum absolute atomic E-state index is 13.3. The van der Waals surface area contributed by atoms with Crippen LogP contribution in [0.15, 0.2) is 43.1 Å². The zero-order valence-corrected chi connectivity index (χ0v) is 13.4. The van der Waals surface area contributed by atoms with Crippen LogP contribution in [0.2, 0.25) is 0 Å². The van der Waals surface area contributed by atoms with Gasteiger partial charge in [0.25, 0.3) is 0 Å². The van der Waals surface area contributed by atoms with Gasteiger partial charge in [-0.1, -0.05) is 0 Å². The van der Waals surface area contributed by atoms with Crippen molar-refractivity contribution in [2.75, 3.05) is 5.32 Å². The monoisotopic (exact) mass is 341 g/mol. The summed E-state index contributed by atoms with van der Waals surface area (Å²) in [7, 11) is 0. The second-order valence-electron chi connectivity index (χ2n) is 5.58. The van der Waals surface area contributed by atoms with Crippen LogP contribution in [-0.4, -0.2) is 32.8 Å². The largest absolute Gasteiger partial charge is 0.361 e. The Hall–Kier alpha value is -3.29. The predicted octanol–water partition coefficient (Wildman–Crippen LogP) is 1.78. The summed E-state index contributed by atoms with van der Waals surface area (Å²) in [5.41, 5.74) is 1.87. The van der Waals surface area contributed by atoms with Crippen LogP contribution in [0.5, 0.6) is 0 Å². The molecule has 0 saturated carbocycles. The number of benzene rings is 1. The average molecular weight is 341 g/mol. The van der Waals surface area contributed by atoms with Gasteiger partial charge in [-0.25, -0.2) is 14.4 Å². The van der Waals surface area contributed by atoms with Gasteiger partial charge in [0.2, 0.25) is 11.8 Å². The Balaban J connectivity index is 1.82. The van der Waals surface area contributed by atoms with Gasteiger partial charge in [0.15, 0.2) is 0 Å². The van der Waals surface area contributed by atoms with Crippen molar-refractivity contribution in [1.82, 2.24) is 20.3 Å². The number of nitrogens with one attached hydrogen (secondary N) is 3. The highest BCUT2D eigenvalue weighted by molar-refractivity contribution is 5.97. The molecular weight excluding hydrogens is 325 g/mol. The van der Waals surface area contributed by atoms with Gasteiger partial charge in [0, 0.05) is 30.4 Å². The summed E-state index contributed by atoms with van der Waals surface area (Å²) in [4.78, 5) is 34.6. The number of nitrogens with zero attached hydrogens (tertiary/aromatic N) is 2. The van der Waals surface area contributed by atoms with E-state index in [4.69, 9.17) is 0 Å². The maximum atomic E-state index is 13.3. The van der Waals surface area contributed by atoms with Crippen LogP contribution >= 0.6 is 0 Å². The lowest BCUT2D eigenvalue weighted by molar-refractivity contribution is -0.125. The Bertz CT molecular complexity index is 910. The first kappa shape index (κ1) is 16.6. The number of hydrogen-bond donors (Lipinski definition) is 3. The van der Waals surface area contributed by atoms with E-state index < -0.39 is 6.04 Å². The molecule has 7 nitrogen and oxygen atoms in total. The van der Waals surface area contributed by atoms with E-state index in [1.807, 2.05) is 0 Å². The molecule has 3 N–H and O–H groups in total. The summed E-state index contributed by atoms with van der Waals surface area (Å²) in [6.07, 6.45) is 6.24. The molecule has 0 aliphatic carbocycles.